The van der Waals surface area contributed by atoms with Crippen LogP contribution in [0.3, 0.4) is 0 Å². The Morgan fingerprint density at radius 1 is 1.41 bits per heavy atom. The van der Waals surface area contributed by atoms with Crippen LogP contribution in [0.25, 0.3) is 0 Å². The van der Waals surface area contributed by atoms with Crippen LogP contribution in [0.15, 0.2) is 0 Å². The number of nitrogens with one attached hydrogen (secondary N) is 2. The average molecular weight is 307 g/mol. The molecule has 1 fully saturated rings. The average Bonchev–Trinajstić information content (AvgIpc) is 2.75. The SMILES string of the molecule is C[C@@H]1Cc2c(C(=O)NC3CC(C(C)(C)O)C3)n[nH]c2[C@H](C)O1. The number of aliphatic hydroxyl groups is 1. The van der Waals surface area contributed by atoms with Crippen LogP contribution in [0.4, 0.5) is 0 Å². The van der Waals surface area contributed by atoms with Crippen LogP contribution < -0.4 is 5.32 Å². The van der Waals surface area contributed by atoms with Gasteiger partial charge >= 0.3 is 0 Å². The minimum atomic E-state index is -0.672. The fourth-order valence-electron chi connectivity index (χ4n) is 3.43. The summed E-state index contributed by atoms with van der Waals surface area (Å²) in [5.41, 5.74) is 1.70. The van der Waals surface area contributed by atoms with Crippen LogP contribution >= 0.6 is 0 Å². The van der Waals surface area contributed by atoms with Crippen LogP contribution in [0.1, 0.15) is 68.4 Å². The van der Waals surface area contributed by atoms with E-state index < -0.39 is 5.60 Å². The minimum Gasteiger partial charge on any atom is -0.390 e. The Morgan fingerprint density at radius 2 is 2.09 bits per heavy atom. The Kier molecular flexibility index (Phi) is 3.77. The molecule has 22 heavy (non-hydrogen) atoms. The molecule has 1 aromatic heterocycles. The zero-order valence-electron chi connectivity index (χ0n) is 13.6. The molecule has 0 unspecified atom stereocenters. The molecule has 1 aliphatic carbocycles. The van der Waals surface area contributed by atoms with E-state index in [-0.39, 0.29) is 30.1 Å². The van der Waals surface area contributed by atoms with Crippen LogP contribution in [0.2, 0.25) is 0 Å². The van der Waals surface area contributed by atoms with E-state index in [2.05, 4.69) is 15.5 Å². The second kappa shape index (κ2) is 5.35. The molecule has 2 aliphatic rings. The first-order valence-corrected chi connectivity index (χ1v) is 8.01. The largest absolute Gasteiger partial charge is 0.390 e. The maximum Gasteiger partial charge on any atom is 0.272 e. The Balaban J connectivity index is 1.65. The van der Waals surface area contributed by atoms with E-state index >= 15 is 0 Å². The molecule has 122 valence electrons. The van der Waals surface area contributed by atoms with Gasteiger partial charge in [-0.1, -0.05) is 0 Å². The highest BCUT2D eigenvalue weighted by Gasteiger charge is 2.40. The smallest absolute Gasteiger partial charge is 0.272 e. The summed E-state index contributed by atoms with van der Waals surface area (Å²) in [5, 5.41) is 20.1. The lowest BCUT2D eigenvalue weighted by Gasteiger charge is -2.42. The highest BCUT2D eigenvalue weighted by atomic mass is 16.5. The number of hydrogen-bond donors (Lipinski definition) is 3. The van der Waals surface area contributed by atoms with Gasteiger partial charge in [0.15, 0.2) is 5.69 Å². The topological polar surface area (TPSA) is 87.2 Å². The van der Waals surface area contributed by atoms with Crippen molar-refractivity contribution in [1.82, 2.24) is 15.5 Å². The molecule has 0 bridgehead atoms. The van der Waals surface area contributed by atoms with Gasteiger partial charge in [-0.15, -0.1) is 0 Å². The number of rotatable bonds is 3. The van der Waals surface area contributed by atoms with Crippen LogP contribution in [-0.4, -0.2) is 39.0 Å². The molecule has 1 aliphatic heterocycles. The quantitative estimate of drug-likeness (QED) is 0.793. The molecule has 1 aromatic rings. The monoisotopic (exact) mass is 307 g/mol. The van der Waals surface area contributed by atoms with Gasteiger partial charge in [-0.05, 0) is 46.5 Å². The number of carbonyl (C=O) groups is 1. The van der Waals surface area contributed by atoms with Crippen LogP contribution in [-0.2, 0) is 11.2 Å². The maximum absolute atomic E-state index is 12.5. The van der Waals surface area contributed by atoms with E-state index in [1.165, 1.54) is 0 Å². The van der Waals surface area contributed by atoms with Crippen molar-refractivity contribution in [3.63, 3.8) is 0 Å². The van der Waals surface area contributed by atoms with Crippen molar-refractivity contribution in [1.29, 1.82) is 0 Å². The lowest BCUT2D eigenvalue weighted by atomic mass is 9.71. The Bertz CT molecular complexity index is 570. The molecule has 2 heterocycles. The van der Waals surface area contributed by atoms with E-state index in [1.807, 2.05) is 27.7 Å². The Hall–Kier alpha value is -1.40. The first-order chi connectivity index (χ1) is 10.3. The van der Waals surface area contributed by atoms with Gasteiger partial charge in [-0.3, -0.25) is 9.89 Å². The van der Waals surface area contributed by atoms with E-state index in [0.717, 1.165) is 24.1 Å². The summed E-state index contributed by atoms with van der Waals surface area (Å²) >= 11 is 0. The molecule has 0 radical (unpaired) electrons. The molecule has 2 atom stereocenters. The summed E-state index contributed by atoms with van der Waals surface area (Å²) < 4.78 is 5.74. The molecule has 1 saturated carbocycles. The van der Waals surface area contributed by atoms with Gasteiger partial charge in [0, 0.05) is 18.0 Å². The van der Waals surface area contributed by atoms with Crippen LogP contribution in [0, 0.1) is 5.92 Å². The van der Waals surface area contributed by atoms with Gasteiger partial charge in [0.05, 0.1) is 23.5 Å². The van der Waals surface area contributed by atoms with Gasteiger partial charge < -0.3 is 15.2 Å². The molecule has 0 aromatic carbocycles. The van der Waals surface area contributed by atoms with Crippen molar-refractivity contribution in [2.75, 3.05) is 0 Å². The number of aromatic nitrogens is 2. The molecule has 6 nitrogen and oxygen atoms in total. The Labute approximate surface area is 130 Å². The van der Waals surface area contributed by atoms with Gasteiger partial charge in [-0.25, -0.2) is 0 Å². The van der Waals surface area contributed by atoms with Gasteiger partial charge in [-0.2, -0.15) is 5.10 Å². The van der Waals surface area contributed by atoms with Crippen molar-refractivity contribution in [2.45, 2.75) is 70.8 Å². The Morgan fingerprint density at radius 3 is 2.73 bits per heavy atom. The molecule has 1 amide bonds. The fourth-order valence-corrected chi connectivity index (χ4v) is 3.43. The van der Waals surface area contributed by atoms with Crippen LogP contribution in [0.5, 0.6) is 0 Å². The molecule has 0 saturated heterocycles. The number of nitrogens with zero attached hydrogens (tertiary/aromatic N) is 1. The third-order valence-electron chi connectivity index (χ3n) is 4.92. The minimum absolute atomic E-state index is 0.0592. The predicted molar refractivity (Wildman–Crippen MR) is 81.5 cm³/mol. The predicted octanol–water partition coefficient (Wildman–Crippen LogP) is 1.71. The highest BCUT2D eigenvalue weighted by molar-refractivity contribution is 5.94. The lowest BCUT2D eigenvalue weighted by molar-refractivity contribution is -0.0310. The third-order valence-corrected chi connectivity index (χ3v) is 4.92. The number of H-pyrrole nitrogens is 1. The second-order valence-corrected chi connectivity index (χ2v) is 7.25. The van der Waals surface area contributed by atoms with Crippen molar-refractivity contribution < 1.29 is 14.6 Å². The van der Waals surface area contributed by atoms with Crippen molar-refractivity contribution >= 4 is 5.91 Å². The van der Waals surface area contributed by atoms with E-state index in [9.17, 15) is 9.90 Å². The zero-order valence-corrected chi connectivity index (χ0v) is 13.6. The van der Waals surface area contributed by atoms with Gasteiger partial charge in [0.25, 0.3) is 5.91 Å². The molecular formula is C16H25N3O3. The molecular weight excluding hydrogens is 282 g/mol. The summed E-state index contributed by atoms with van der Waals surface area (Å²) in [7, 11) is 0. The highest BCUT2D eigenvalue weighted by Crippen LogP contribution is 2.36. The zero-order chi connectivity index (χ0) is 16.1. The summed E-state index contributed by atoms with van der Waals surface area (Å²) in [6.07, 6.45) is 2.37. The number of amides is 1. The summed E-state index contributed by atoms with van der Waals surface area (Å²) in [5.74, 6) is 0.123. The van der Waals surface area contributed by atoms with Crippen molar-refractivity contribution in [3.05, 3.63) is 17.0 Å². The number of carbonyl (C=O) groups excluding carboxylic acids is 1. The fraction of sp³-hybridized carbons (Fsp3) is 0.750. The van der Waals surface area contributed by atoms with E-state index in [4.69, 9.17) is 4.74 Å². The molecule has 6 heteroatoms. The molecule has 3 rings (SSSR count). The molecule has 0 spiro atoms. The number of fused-ring (bicyclic) bond motifs is 1. The van der Waals surface area contributed by atoms with Gasteiger partial charge in [0.1, 0.15) is 0 Å². The first-order valence-electron chi connectivity index (χ1n) is 8.01. The van der Waals surface area contributed by atoms with Crippen molar-refractivity contribution in [3.8, 4) is 0 Å². The van der Waals surface area contributed by atoms with Crippen molar-refractivity contribution in [2.24, 2.45) is 5.92 Å². The first kappa shape index (κ1) is 15.5. The number of hydrogen-bond acceptors (Lipinski definition) is 4. The maximum atomic E-state index is 12.5. The standard InChI is InChI=1S/C16H25N3O3/c1-8-5-12-13(9(2)22-8)18-19-14(12)15(20)17-11-6-10(7-11)16(3,4)21/h8-11,21H,5-7H2,1-4H3,(H,17,20)(H,18,19)/t8-,9+,10?,11?/m1/s1. The third kappa shape index (κ3) is 2.77. The number of ether oxygens (including phenoxy) is 1. The summed E-state index contributed by atoms with van der Waals surface area (Å²) in [6.45, 7) is 7.62. The molecule has 3 N–H and O–H groups in total. The van der Waals surface area contributed by atoms with Gasteiger partial charge in [0.2, 0.25) is 0 Å². The summed E-state index contributed by atoms with van der Waals surface area (Å²) in [6, 6.07) is 0.131. The summed E-state index contributed by atoms with van der Waals surface area (Å²) in [4.78, 5) is 12.5. The van der Waals surface area contributed by atoms with E-state index in [0.29, 0.717) is 12.1 Å². The lowest BCUT2D eigenvalue weighted by Crippen LogP contribution is -2.51. The van der Waals surface area contributed by atoms with E-state index in [1.54, 1.807) is 0 Å². The second-order valence-electron chi connectivity index (χ2n) is 7.25. The normalized spacial score (nSPS) is 31.3. The number of aromatic amines is 1.